The molecule has 1 aliphatic carbocycles. The maximum absolute atomic E-state index is 12.3. The quantitative estimate of drug-likeness (QED) is 0.715. The van der Waals surface area contributed by atoms with E-state index in [0.717, 1.165) is 45.3 Å². The number of nitrogens with zero attached hydrogens (tertiary/aromatic N) is 2. The monoisotopic (exact) mass is 282 g/mol. The van der Waals surface area contributed by atoms with E-state index < -0.39 is 5.54 Å². The predicted molar refractivity (Wildman–Crippen MR) is 77.1 cm³/mol. The maximum atomic E-state index is 12.3. The van der Waals surface area contributed by atoms with Crippen molar-refractivity contribution >= 4 is 11.8 Å². The third kappa shape index (κ3) is 3.49. The van der Waals surface area contributed by atoms with Gasteiger partial charge in [-0.2, -0.15) is 0 Å². The molecular weight excluding hydrogens is 256 g/mol. The van der Waals surface area contributed by atoms with Crippen molar-refractivity contribution in [3.05, 3.63) is 0 Å². The molecule has 6 nitrogen and oxygen atoms in total. The molecule has 20 heavy (non-hydrogen) atoms. The van der Waals surface area contributed by atoms with Gasteiger partial charge in [-0.25, -0.2) is 0 Å². The molecule has 2 aliphatic rings. The molecule has 0 aromatic carbocycles. The second-order valence-electron chi connectivity index (χ2n) is 5.93. The highest BCUT2D eigenvalue weighted by atomic mass is 16.2. The summed E-state index contributed by atoms with van der Waals surface area (Å²) in [6.07, 6.45) is 3.63. The molecule has 1 aliphatic heterocycles. The Labute approximate surface area is 120 Å². The smallest absolute Gasteiger partial charge is 0.242 e. The van der Waals surface area contributed by atoms with Crippen LogP contribution in [0.4, 0.5) is 0 Å². The molecular formula is C14H26N4O2. The Bertz CT molecular complexity index is 360. The van der Waals surface area contributed by atoms with Crippen molar-refractivity contribution in [2.75, 3.05) is 39.3 Å². The van der Waals surface area contributed by atoms with Gasteiger partial charge in [0.25, 0.3) is 0 Å². The topological polar surface area (TPSA) is 78.7 Å². The van der Waals surface area contributed by atoms with Gasteiger partial charge in [-0.15, -0.1) is 0 Å². The second-order valence-corrected chi connectivity index (χ2v) is 5.93. The molecule has 1 saturated heterocycles. The number of amides is 2. The highest BCUT2D eigenvalue weighted by Gasteiger charge is 2.43. The number of carbonyl (C=O) groups is 2. The fraction of sp³-hybridized carbons (Fsp3) is 0.857. The van der Waals surface area contributed by atoms with E-state index in [4.69, 9.17) is 5.73 Å². The van der Waals surface area contributed by atoms with Crippen LogP contribution in [0, 0.1) is 0 Å². The predicted octanol–water partition coefficient (Wildman–Crippen LogP) is -0.462. The Hall–Kier alpha value is -1.14. The highest BCUT2D eigenvalue weighted by Crippen LogP contribution is 2.31. The molecule has 2 fully saturated rings. The number of carbonyl (C=O) groups excluding carboxylic acids is 2. The van der Waals surface area contributed by atoms with Gasteiger partial charge < -0.3 is 16.0 Å². The van der Waals surface area contributed by atoms with Crippen molar-refractivity contribution < 1.29 is 9.59 Å². The minimum Gasteiger partial charge on any atom is -0.355 e. The number of nitrogens with one attached hydrogen (secondary N) is 1. The van der Waals surface area contributed by atoms with Crippen molar-refractivity contribution in [1.29, 1.82) is 0 Å². The minimum absolute atomic E-state index is 0.0703. The molecule has 2 rings (SSSR count). The number of nitrogens with two attached hydrogens (primary N) is 1. The fourth-order valence-corrected chi connectivity index (χ4v) is 2.72. The van der Waals surface area contributed by atoms with E-state index in [2.05, 4.69) is 10.2 Å². The fourth-order valence-electron chi connectivity index (χ4n) is 2.72. The van der Waals surface area contributed by atoms with Crippen LogP contribution in [0.2, 0.25) is 0 Å². The van der Waals surface area contributed by atoms with Crippen LogP contribution in [0.15, 0.2) is 0 Å². The van der Waals surface area contributed by atoms with E-state index >= 15 is 0 Å². The third-order valence-corrected chi connectivity index (χ3v) is 4.27. The molecule has 1 saturated carbocycles. The summed E-state index contributed by atoms with van der Waals surface area (Å²) in [5.74, 6) is 0.166. The number of rotatable bonds is 5. The molecule has 0 atom stereocenters. The van der Waals surface area contributed by atoms with Crippen molar-refractivity contribution in [2.45, 2.75) is 38.1 Å². The SMILES string of the molecule is CCCNC(=O)CN1CCN(C(=O)C2(N)CCC2)CC1. The highest BCUT2D eigenvalue weighted by molar-refractivity contribution is 5.87. The Kier molecular flexibility index (Phi) is 4.99. The average Bonchev–Trinajstić information content (AvgIpc) is 2.42. The van der Waals surface area contributed by atoms with Gasteiger partial charge in [-0.1, -0.05) is 6.92 Å². The van der Waals surface area contributed by atoms with Gasteiger partial charge in [-0.3, -0.25) is 14.5 Å². The lowest BCUT2D eigenvalue weighted by Gasteiger charge is -2.43. The average molecular weight is 282 g/mol. The van der Waals surface area contributed by atoms with E-state index in [1.807, 2.05) is 11.8 Å². The van der Waals surface area contributed by atoms with Gasteiger partial charge >= 0.3 is 0 Å². The van der Waals surface area contributed by atoms with Crippen LogP contribution in [0.25, 0.3) is 0 Å². The molecule has 1 heterocycles. The first-order chi connectivity index (χ1) is 9.55. The zero-order valence-corrected chi connectivity index (χ0v) is 12.4. The molecule has 0 spiro atoms. The first kappa shape index (κ1) is 15.3. The molecule has 0 unspecified atom stereocenters. The van der Waals surface area contributed by atoms with Gasteiger partial charge in [0.2, 0.25) is 11.8 Å². The number of hydrogen-bond acceptors (Lipinski definition) is 4. The number of piperazine rings is 1. The standard InChI is InChI=1S/C14H26N4O2/c1-2-6-16-12(19)11-17-7-9-18(10-8-17)13(20)14(15)4-3-5-14/h2-11,15H2,1H3,(H,16,19). The summed E-state index contributed by atoms with van der Waals surface area (Å²) >= 11 is 0. The van der Waals surface area contributed by atoms with Crippen LogP contribution >= 0.6 is 0 Å². The van der Waals surface area contributed by atoms with E-state index in [-0.39, 0.29) is 11.8 Å². The van der Waals surface area contributed by atoms with Gasteiger partial charge in [0.05, 0.1) is 12.1 Å². The van der Waals surface area contributed by atoms with Gasteiger partial charge in [0.15, 0.2) is 0 Å². The first-order valence-electron chi connectivity index (χ1n) is 7.62. The lowest BCUT2D eigenvalue weighted by Crippen LogP contribution is -2.62. The summed E-state index contributed by atoms with van der Waals surface area (Å²) in [5.41, 5.74) is 5.48. The lowest BCUT2D eigenvalue weighted by molar-refractivity contribution is -0.142. The summed E-state index contributed by atoms with van der Waals surface area (Å²) < 4.78 is 0. The van der Waals surface area contributed by atoms with Crippen molar-refractivity contribution in [1.82, 2.24) is 15.1 Å². The molecule has 0 aromatic heterocycles. The Morgan fingerprint density at radius 1 is 1.20 bits per heavy atom. The molecule has 2 amide bonds. The summed E-state index contributed by atoms with van der Waals surface area (Å²) in [7, 11) is 0. The van der Waals surface area contributed by atoms with E-state index in [0.29, 0.717) is 19.6 Å². The summed E-state index contributed by atoms with van der Waals surface area (Å²) in [4.78, 5) is 27.9. The van der Waals surface area contributed by atoms with E-state index in [1.165, 1.54) is 0 Å². The van der Waals surface area contributed by atoms with Crippen molar-refractivity contribution in [2.24, 2.45) is 5.73 Å². The van der Waals surface area contributed by atoms with Crippen LogP contribution in [-0.4, -0.2) is 66.4 Å². The lowest BCUT2D eigenvalue weighted by atomic mass is 9.76. The minimum atomic E-state index is -0.597. The molecule has 6 heteroatoms. The molecule has 3 N–H and O–H groups in total. The second kappa shape index (κ2) is 6.54. The van der Waals surface area contributed by atoms with Gasteiger partial charge in [0, 0.05) is 32.7 Å². The van der Waals surface area contributed by atoms with E-state index in [9.17, 15) is 9.59 Å². The molecule has 0 radical (unpaired) electrons. The zero-order valence-electron chi connectivity index (χ0n) is 12.4. The maximum Gasteiger partial charge on any atom is 0.242 e. The normalized spacial score (nSPS) is 22.2. The van der Waals surface area contributed by atoms with Crippen molar-refractivity contribution in [3.63, 3.8) is 0 Å². The van der Waals surface area contributed by atoms with Crippen LogP contribution in [0.5, 0.6) is 0 Å². The Morgan fingerprint density at radius 2 is 1.85 bits per heavy atom. The van der Waals surface area contributed by atoms with Crippen LogP contribution in [0.1, 0.15) is 32.6 Å². The first-order valence-corrected chi connectivity index (χ1v) is 7.62. The third-order valence-electron chi connectivity index (χ3n) is 4.27. The van der Waals surface area contributed by atoms with Gasteiger partial charge in [-0.05, 0) is 25.7 Å². The van der Waals surface area contributed by atoms with Crippen LogP contribution in [-0.2, 0) is 9.59 Å². The largest absolute Gasteiger partial charge is 0.355 e. The molecule has 114 valence electrons. The molecule has 0 bridgehead atoms. The van der Waals surface area contributed by atoms with Crippen LogP contribution in [0.3, 0.4) is 0 Å². The summed E-state index contributed by atoms with van der Waals surface area (Å²) in [5, 5.41) is 2.87. The van der Waals surface area contributed by atoms with Gasteiger partial charge in [0.1, 0.15) is 0 Å². The summed E-state index contributed by atoms with van der Waals surface area (Å²) in [6, 6.07) is 0. The Morgan fingerprint density at radius 3 is 2.35 bits per heavy atom. The van der Waals surface area contributed by atoms with Crippen molar-refractivity contribution in [3.8, 4) is 0 Å². The summed E-state index contributed by atoms with van der Waals surface area (Å²) in [6.45, 7) is 6.05. The van der Waals surface area contributed by atoms with E-state index in [1.54, 1.807) is 0 Å². The zero-order chi connectivity index (χ0) is 14.6. The Balaban J connectivity index is 1.72. The number of hydrogen-bond donors (Lipinski definition) is 2. The van der Waals surface area contributed by atoms with Crippen LogP contribution < -0.4 is 11.1 Å². The molecule has 0 aromatic rings.